The maximum Gasteiger partial charge on any atom is 0.472 e. The standard InChI is InChI=1S/C48H96NO14P/c1-3-5-7-9-11-13-15-17-18-19-20-21-22-23-25-27-29-31-33-35-39(51)41(53)48(59)49-37(36-62-64(60,61)63-47-45(57)43(55)42(54)44(56)46(47)58)40(52)38(50)34-32-30-28-26-24-16-14-12-10-8-6-4-2/h37-47,50-58H,3-36H2,1-2H3,(H,49,59)(H,60,61)/t37-,38+,39+,40-,41-,42?,43-,44+,45+,46+,47?/m0/s1. The summed E-state index contributed by atoms with van der Waals surface area (Å²) >= 11 is 0. The summed E-state index contributed by atoms with van der Waals surface area (Å²) in [5.74, 6) is -1.11. The Labute approximate surface area is 386 Å². The second-order valence-corrected chi connectivity index (χ2v) is 20.2. The molecule has 0 aromatic rings. The van der Waals surface area contributed by atoms with Crippen molar-refractivity contribution in [3.8, 4) is 0 Å². The molecule has 0 heterocycles. The van der Waals surface area contributed by atoms with Gasteiger partial charge in [-0.2, -0.15) is 0 Å². The van der Waals surface area contributed by atoms with Crippen molar-refractivity contribution in [3.05, 3.63) is 0 Å². The first-order chi connectivity index (χ1) is 30.7. The third-order valence-electron chi connectivity index (χ3n) is 13.0. The average Bonchev–Trinajstić information content (AvgIpc) is 3.28. The topological polar surface area (TPSA) is 267 Å². The van der Waals surface area contributed by atoms with Gasteiger partial charge in [0.1, 0.15) is 42.7 Å². The van der Waals surface area contributed by atoms with E-state index in [1.165, 1.54) is 135 Å². The minimum absolute atomic E-state index is 0.126. The van der Waals surface area contributed by atoms with Gasteiger partial charge in [-0.15, -0.1) is 0 Å². The predicted octanol–water partition coefficient (Wildman–Crippen LogP) is 7.15. The summed E-state index contributed by atoms with van der Waals surface area (Å²) in [5, 5.41) is 96.1. The van der Waals surface area contributed by atoms with Crippen LogP contribution in [0.4, 0.5) is 0 Å². The predicted molar refractivity (Wildman–Crippen MR) is 250 cm³/mol. The molecule has 3 unspecified atom stereocenters. The van der Waals surface area contributed by atoms with Crippen LogP contribution in [0, 0.1) is 0 Å². The molecule has 0 spiro atoms. The van der Waals surface area contributed by atoms with Crippen LogP contribution in [-0.2, 0) is 18.4 Å². The number of amides is 1. The summed E-state index contributed by atoms with van der Waals surface area (Å²) in [6.07, 6.45) is 17.6. The van der Waals surface area contributed by atoms with Gasteiger partial charge in [0.05, 0.1) is 24.9 Å². The van der Waals surface area contributed by atoms with Gasteiger partial charge in [-0.1, -0.05) is 213 Å². The lowest BCUT2D eigenvalue weighted by molar-refractivity contribution is -0.220. The molecule has 0 bridgehead atoms. The fraction of sp³-hybridized carbons (Fsp3) is 0.979. The zero-order valence-corrected chi connectivity index (χ0v) is 40.8. The molecule has 11 N–H and O–H groups in total. The number of phosphoric ester groups is 1. The summed E-state index contributed by atoms with van der Waals surface area (Å²) in [7, 11) is -5.29. The molecular formula is C48H96NO14P. The Morgan fingerprint density at radius 2 is 0.781 bits per heavy atom. The highest BCUT2D eigenvalue weighted by molar-refractivity contribution is 7.47. The molecule has 1 rings (SSSR count). The van der Waals surface area contributed by atoms with E-state index in [1.54, 1.807) is 0 Å². The fourth-order valence-electron chi connectivity index (χ4n) is 8.57. The largest absolute Gasteiger partial charge is 0.472 e. The van der Waals surface area contributed by atoms with Gasteiger partial charge in [-0.3, -0.25) is 13.8 Å². The summed E-state index contributed by atoms with van der Waals surface area (Å²) in [5.41, 5.74) is 0. The van der Waals surface area contributed by atoms with Crippen molar-refractivity contribution in [1.82, 2.24) is 5.32 Å². The van der Waals surface area contributed by atoms with Crippen LogP contribution in [0.1, 0.15) is 226 Å². The van der Waals surface area contributed by atoms with E-state index in [1.807, 2.05) is 0 Å². The second kappa shape index (κ2) is 38.1. The first-order valence-electron chi connectivity index (χ1n) is 25.8. The highest BCUT2D eigenvalue weighted by atomic mass is 31.2. The van der Waals surface area contributed by atoms with Crippen LogP contribution in [0.15, 0.2) is 0 Å². The third-order valence-corrected chi connectivity index (χ3v) is 14.0. The number of aliphatic hydroxyl groups is 9. The van der Waals surface area contributed by atoms with Crippen molar-refractivity contribution in [2.24, 2.45) is 0 Å². The second-order valence-electron chi connectivity index (χ2n) is 18.8. The minimum atomic E-state index is -5.29. The van der Waals surface area contributed by atoms with Crippen LogP contribution in [-0.4, -0.2) is 130 Å². The van der Waals surface area contributed by atoms with Crippen LogP contribution in [0.25, 0.3) is 0 Å². The number of rotatable bonds is 43. The Bertz CT molecular complexity index is 1140. The van der Waals surface area contributed by atoms with Crippen molar-refractivity contribution in [2.45, 2.75) is 293 Å². The lowest BCUT2D eigenvalue weighted by Gasteiger charge is -2.41. The Balaban J connectivity index is 2.55. The molecule has 64 heavy (non-hydrogen) atoms. The van der Waals surface area contributed by atoms with Crippen LogP contribution in [0.2, 0.25) is 0 Å². The van der Waals surface area contributed by atoms with Gasteiger partial charge in [-0.25, -0.2) is 4.57 Å². The highest BCUT2D eigenvalue weighted by Gasteiger charge is 2.51. The Kier molecular flexibility index (Phi) is 36.5. The molecule has 0 aromatic heterocycles. The number of hydrogen-bond acceptors (Lipinski definition) is 13. The molecule has 16 heteroatoms. The molecular weight excluding hydrogens is 845 g/mol. The van der Waals surface area contributed by atoms with Crippen LogP contribution in [0.5, 0.6) is 0 Å². The Hall–Kier alpha value is -0.780. The molecule has 1 saturated carbocycles. The minimum Gasteiger partial charge on any atom is -0.390 e. The number of hydrogen-bond donors (Lipinski definition) is 11. The number of phosphoric acid groups is 1. The van der Waals surface area contributed by atoms with Gasteiger partial charge in [0.25, 0.3) is 5.91 Å². The van der Waals surface area contributed by atoms with Gasteiger partial charge >= 0.3 is 7.82 Å². The lowest BCUT2D eigenvalue weighted by Crippen LogP contribution is -2.64. The Morgan fingerprint density at radius 1 is 0.484 bits per heavy atom. The fourth-order valence-corrected chi connectivity index (χ4v) is 9.54. The molecule has 0 radical (unpaired) electrons. The zero-order chi connectivity index (χ0) is 47.6. The van der Waals surface area contributed by atoms with Gasteiger partial charge < -0.3 is 56.2 Å². The van der Waals surface area contributed by atoms with Crippen molar-refractivity contribution in [1.29, 1.82) is 0 Å². The van der Waals surface area contributed by atoms with E-state index in [9.17, 15) is 60.2 Å². The smallest absolute Gasteiger partial charge is 0.390 e. The van der Waals surface area contributed by atoms with Crippen LogP contribution >= 0.6 is 7.82 Å². The third kappa shape index (κ3) is 27.9. The molecule has 15 nitrogen and oxygen atoms in total. The van der Waals surface area contributed by atoms with E-state index < -0.39 is 87.4 Å². The molecule has 1 fully saturated rings. The van der Waals surface area contributed by atoms with Gasteiger partial charge in [0.2, 0.25) is 0 Å². The first kappa shape index (κ1) is 61.2. The normalized spacial score (nSPS) is 23.6. The van der Waals surface area contributed by atoms with Crippen molar-refractivity contribution >= 4 is 13.7 Å². The molecule has 0 aromatic carbocycles. The number of nitrogens with one attached hydrogen (secondary N) is 1. The van der Waals surface area contributed by atoms with Crippen molar-refractivity contribution in [3.63, 3.8) is 0 Å². The average molecular weight is 942 g/mol. The molecule has 1 aliphatic carbocycles. The van der Waals surface area contributed by atoms with Gasteiger partial charge in [-0.05, 0) is 12.8 Å². The highest BCUT2D eigenvalue weighted by Crippen LogP contribution is 2.47. The van der Waals surface area contributed by atoms with Crippen molar-refractivity contribution < 1.29 is 69.3 Å². The Morgan fingerprint density at radius 3 is 1.12 bits per heavy atom. The number of carbonyl (C=O) groups excluding carboxylic acids is 1. The summed E-state index contributed by atoms with van der Waals surface area (Å²) in [6, 6.07) is -1.60. The molecule has 0 saturated heterocycles. The van der Waals surface area contributed by atoms with E-state index in [0.29, 0.717) is 12.8 Å². The number of unbranched alkanes of at least 4 members (excludes halogenated alkanes) is 29. The van der Waals surface area contributed by atoms with Crippen LogP contribution in [0.3, 0.4) is 0 Å². The monoisotopic (exact) mass is 942 g/mol. The SMILES string of the molecule is CCCCCCCCCCCCCCCCCCCCC[C@@H](O)[C@H](O)C(=O)N[C@@H](COP(=O)(O)OC1[C@H](O)[C@H](O)C(O)[C@H](O)[C@H]1O)[C@H](O)[C@H](O)CCCCCCCCCCCCCC. The van der Waals surface area contributed by atoms with E-state index in [4.69, 9.17) is 9.05 Å². The van der Waals surface area contributed by atoms with E-state index >= 15 is 0 Å². The van der Waals surface area contributed by atoms with Gasteiger partial charge in [0, 0.05) is 0 Å². The molecule has 12 atom stereocenters. The van der Waals surface area contributed by atoms with Crippen molar-refractivity contribution in [2.75, 3.05) is 6.61 Å². The molecule has 0 aliphatic heterocycles. The first-order valence-corrected chi connectivity index (χ1v) is 27.3. The van der Waals surface area contributed by atoms with Gasteiger partial charge in [0.15, 0.2) is 6.10 Å². The summed E-state index contributed by atoms with van der Waals surface area (Å²) in [6.45, 7) is 3.49. The molecule has 1 amide bonds. The molecule has 382 valence electrons. The number of aliphatic hydroxyl groups excluding tert-OH is 9. The zero-order valence-electron chi connectivity index (χ0n) is 39.9. The van der Waals surface area contributed by atoms with E-state index in [0.717, 1.165) is 51.4 Å². The van der Waals surface area contributed by atoms with E-state index in [2.05, 4.69) is 19.2 Å². The summed E-state index contributed by atoms with van der Waals surface area (Å²) in [4.78, 5) is 23.6. The lowest BCUT2D eigenvalue weighted by atomic mass is 9.85. The van der Waals surface area contributed by atoms with E-state index in [-0.39, 0.29) is 12.8 Å². The molecule has 1 aliphatic rings. The number of carbonyl (C=O) groups is 1. The maximum absolute atomic E-state index is 13.1. The maximum atomic E-state index is 13.1. The summed E-state index contributed by atoms with van der Waals surface area (Å²) < 4.78 is 22.8. The van der Waals surface area contributed by atoms with Crippen LogP contribution < -0.4 is 5.32 Å². The quantitative estimate of drug-likeness (QED) is 0.0214.